The van der Waals surface area contributed by atoms with Gasteiger partial charge in [-0.3, -0.25) is 0 Å². The molecule has 168 valence electrons. The smallest absolute Gasteiger partial charge is 0.171 e. The molecule has 0 aliphatic rings. The van der Waals surface area contributed by atoms with Gasteiger partial charge in [-0.05, 0) is 33.7 Å². The van der Waals surface area contributed by atoms with Crippen molar-refractivity contribution in [2.24, 2.45) is 0 Å². The summed E-state index contributed by atoms with van der Waals surface area (Å²) in [6.07, 6.45) is 0. The first-order chi connectivity index (χ1) is 17.2. The van der Waals surface area contributed by atoms with Gasteiger partial charge < -0.3 is 4.57 Å². The van der Waals surface area contributed by atoms with Gasteiger partial charge in [0.05, 0.1) is 0 Å². The molecule has 0 spiro atoms. The number of benzene rings is 6. The van der Waals surface area contributed by atoms with Crippen LogP contribution < -0.4 is 15.9 Å². The van der Waals surface area contributed by atoms with Crippen molar-refractivity contribution in [3.05, 3.63) is 138 Å². The van der Waals surface area contributed by atoms with Crippen molar-refractivity contribution in [3.8, 4) is 11.1 Å². The average Bonchev–Trinajstić information content (AvgIpc) is 2.93. The van der Waals surface area contributed by atoms with Crippen LogP contribution in [0.1, 0.15) is 0 Å². The summed E-state index contributed by atoms with van der Waals surface area (Å²) in [7, 11) is -3.20. The molecule has 0 amide bonds. The van der Waals surface area contributed by atoms with Crippen LogP contribution in [0.2, 0.25) is 0 Å². The Morgan fingerprint density at radius 2 is 0.914 bits per heavy atom. The highest BCUT2D eigenvalue weighted by Crippen LogP contribution is 2.49. The number of hydrogen-bond donors (Lipinski definition) is 0. The first-order valence-electron chi connectivity index (χ1n) is 11.6. The predicted molar refractivity (Wildman–Crippen MR) is 154 cm³/mol. The zero-order valence-corrected chi connectivity index (χ0v) is 21.4. The molecule has 0 N–H and O–H groups in total. The third-order valence-electron chi connectivity index (χ3n) is 6.61. The highest BCUT2D eigenvalue weighted by atomic mass is 79.9. The maximum atomic E-state index is 15.5. The molecule has 6 aromatic rings. The molecule has 0 bridgehead atoms. The summed E-state index contributed by atoms with van der Waals surface area (Å²) < 4.78 is 16.5. The number of halogens is 1. The fourth-order valence-electron chi connectivity index (χ4n) is 4.99. The van der Waals surface area contributed by atoms with E-state index in [1.807, 2.05) is 60.7 Å². The minimum atomic E-state index is -3.20. The zero-order chi connectivity index (χ0) is 23.8. The highest BCUT2D eigenvalue weighted by molar-refractivity contribution is 9.10. The second-order valence-corrected chi connectivity index (χ2v) is 12.2. The maximum absolute atomic E-state index is 15.5. The first kappa shape index (κ1) is 22.0. The van der Waals surface area contributed by atoms with Crippen molar-refractivity contribution >= 4 is 60.5 Å². The van der Waals surface area contributed by atoms with Crippen molar-refractivity contribution in [1.29, 1.82) is 0 Å². The van der Waals surface area contributed by atoms with Gasteiger partial charge in [0, 0.05) is 31.5 Å². The highest BCUT2D eigenvalue weighted by Gasteiger charge is 2.33. The Kier molecular flexibility index (Phi) is 5.65. The third-order valence-corrected chi connectivity index (χ3v) is 10.4. The van der Waals surface area contributed by atoms with E-state index in [2.05, 4.69) is 88.7 Å². The number of rotatable bonds is 4. The molecule has 35 heavy (non-hydrogen) atoms. The Bertz CT molecular complexity index is 1680. The summed E-state index contributed by atoms with van der Waals surface area (Å²) in [6.45, 7) is 0. The van der Waals surface area contributed by atoms with E-state index in [9.17, 15) is 0 Å². The Morgan fingerprint density at radius 3 is 1.49 bits per heavy atom. The summed E-state index contributed by atoms with van der Waals surface area (Å²) in [5.41, 5.74) is 2.09. The van der Waals surface area contributed by atoms with Crippen LogP contribution in [0, 0.1) is 0 Å². The molecule has 0 aliphatic carbocycles. The van der Waals surface area contributed by atoms with Crippen molar-refractivity contribution in [2.45, 2.75) is 0 Å². The van der Waals surface area contributed by atoms with E-state index < -0.39 is 7.14 Å². The van der Waals surface area contributed by atoms with Crippen LogP contribution in [0.15, 0.2) is 138 Å². The molecule has 0 aliphatic heterocycles. The summed E-state index contributed by atoms with van der Waals surface area (Å²) in [4.78, 5) is 0. The van der Waals surface area contributed by atoms with Gasteiger partial charge in [0.15, 0.2) is 7.14 Å². The van der Waals surface area contributed by atoms with Crippen LogP contribution in [0.5, 0.6) is 0 Å². The van der Waals surface area contributed by atoms with Gasteiger partial charge >= 0.3 is 0 Å². The van der Waals surface area contributed by atoms with Crippen molar-refractivity contribution < 1.29 is 4.57 Å². The Hall–Kier alpha value is -3.45. The molecular formula is C32H22BrOP. The molecule has 6 aromatic carbocycles. The lowest BCUT2D eigenvalue weighted by Gasteiger charge is -2.25. The van der Waals surface area contributed by atoms with Crippen LogP contribution in [0.4, 0.5) is 0 Å². The topological polar surface area (TPSA) is 17.1 Å². The van der Waals surface area contributed by atoms with Gasteiger partial charge in [-0.2, -0.15) is 0 Å². The molecule has 0 aromatic heterocycles. The fourth-order valence-corrected chi connectivity index (χ4v) is 8.40. The van der Waals surface area contributed by atoms with E-state index in [-0.39, 0.29) is 0 Å². The molecule has 0 saturated carbocycles. The molecular weight excluding hydrogens is 511 g/mol. The largest absolute Gasteiger partial charge is 0.309 e. The second kappa shape index (κ2) is 8.96. The van der Waals surface area contributed by atoms with Gasteiger partial charge in [-0.15, -0.1) is 0 Å². The van der Waals surface area contributed by atoms with Gasteiger partial charge in [0.25, 0.3) is 0 Å². The molecule has 0 atom stereocenters. The van der Waals surface area contributed by atoms with Crippen molar-refractivity contribution in [1.82, 2.24) is 0 Å². The standard InChI is InChI=1S/C32H22BrOP/c33-29-21-19-23-11-7-9-17-27(23)31(29)32-28-18-10-8-12-24(28)20-22-30(32)35(34,25-13-3-1-4-14-25)26-15-5-2-6-16-26/h1-22H. The monoisotopic (exact) mass is 532 g/mol. The lowest BCUT2D eigenvalue weighted by atomic mass is 9.94. The Balaban J connectivity index is 1.82. The zero-order valence-electron chi connectivity index (χ0n) is 18.9. The first-order valence-corrected chi connectivity index (χ1v) is 14.1. The molecule has 0 unspecified atom stereocenters. The van der Waals surface area contributed by atoms with E-state index in [0.29, 0.717) is 0 Å². The molecule has 6 rings (SSSR count). The minimum absolute atomic E-state index is 0.832. The Morgan fingerprint density at radius 1 is 0.457 bits per heavy atom. The minimum Gasteiger partial charge on any atom is -0.309 e. The van der Waals surface area contributed by atoms with E-state index in [1.165, 1.54) is 0 Å². The number of hydrogen-bond acceptors (Lipinski definition) is 1. The van der Waals surface area contributed by atoms with E-state index in [0.717, 1.165) is 53.1 Å². The molecule has 0 radical (unpaired) electrons. The molecule has 1 nitrogen and oxygen atoms in total. The van der Waals surface area contributed by atoms with Crippen LogP contribution in [-0.2, 0) is 4.57 Å². The quantitative estimate of drug-likeness (QED) is 0.210. The van der Waals surface area contributed by atoms with Gasteiger partial charge in [0.2, 0.25) is 0 Å². The number of fused-ring (bicyclic) bond motifs is 2. The third kappa shape index (κ3) is 3.65. The van der Waals surface area contributed by atoms with E-state index in [4.69, 9.17) is 0 Å². The summed E-state index contributed by atoms with van der Waals surface area (Å²) in [6, 6.07) is 45.0. The predicted octanol–water partition coefficient (Wildman–Crippen LogP) is 8.06. The second-order valence-electron chi connectivity index (χ2n) is 8.60. The fraction of sp³-hybridized carbons (Fsp3) is 0. The van der Waals surface area contributed by atoms with Crippen LogP contribution >= 0.6 is 23.1 Å². The summed E-state index contributed by atoms with van der Waals surface area (Å²) >= 11 is 3.86. The van der Waals surface area contributed by atoms with Crippen molar-refractivity contribution in [3.63, 3.8) is 0 Å². The SMILES string of the molecule is O=P(c1ccccc1)(c1ccccc1)c1ccc2ccccc2c1-c1c(Br)ccc2ccccc12. The molecule has 0 fully saturated rings. The van der Waals surface area contributed by atoms with E-state index in [1.54, 1.807) is 0 Å². The average molecular weight is 533 g/mol. The Labute approximate surface area is 213 Å². The van der Waals surface area contributed by atoms with Gasteiger partial charge in [-0.1, -0.05) is 137 Å². The molecule has 0 saturated heterocycles. The van der Waals surface area contributed by atoms with Crippen LogP contribution in [0.3, 0.4) is 0 Å². The maximum Gasteiger partial charge on any atom is 0.171 e. The van der Waals surface area contributed by atoms with Crippen LogP contribution in [0.25, 0.3) is 32.7 Å². The molecule has 0 heterocycles. The normalized spacial score (nSPS) is 11.7. The van der Waals surface area contributed by atoms with E-state index >= 15 is 4.57 Å². The molecule has 3 heteroatoms. The van der Waals surface area contributed by atoms with Crippen molar-refractivity contribution in [2.75, 3.05) is 0 Å². The lowest BCUT2D eigenvalue weighted by molar-refractivity contribution is 0.592. The van der Waals surface area contributed by atoms with Gasteiger partial charge in [0.1, 0.15) is 0 Å². The summed E-state index contributed by atoms with van der Waals surface area (Å²) in [5.74, 6) is 0. The van der Waals surface area contributed by atoms with Gasteiger partial charge in [-0.25, -0.2) is 0 Å². The van der Waals surface area contributed by atoms with Crippen LogP contribution in [-0.4, -0.2) is 0 Å². The lowest BCUT2D eigenvalue weighted by Crippen LogP contribution is -2.26. The summed E-state index contributed by atoms with van der Waals surface area (Å²) in [5, 5.41) is 7.02.